The van der Waals surface area contributed by atoms with Gasteiger partial charge in [0.2, 0.25) is 0 Å². The molecule has 0 aliphatic heterocycles. The van der Waals surface area contributed by atoms with Gasteiger partial charge in [0, 0.05) is 10.7 Å². The van der Waals surface area contributed by atoms with Gasteiger partial charge in [0.1, 0.15) is 0 Å². The van der Waals surface area contributed by atoms with Gasteiger partial charge in [0.25, 0.3) is 11.7 Å². The lowest BCUT2D eigenvalue weighted by Gasteiger charge is -1.99. The van der Waals surface area contributed by atoms with Gasteiger partial charge in [0.15, 0.2) is 0 Å². The predicted octanol–water partition coefficient (Wildman–Crippen LogP) is 1.67. The number of halogens is 1. The summed E-state index contributed by atoms with van der Waals surface area (Å²) in [6, 6.07) is 4.69. The zero-order chi connectivity index (χ0) is 11.7. The van der Waals surface area contributed by atoms with Crippen LogP contribution in [0.1, 0.15) is 10.6 Å². The Bertz CT molecular complexity index is 553. The highest BCUT2D eigenvalue weighted by Crippen LogP contribution is 2.26. The number of nitrogen functional groups attached to an aromatic ring is 1. The molecule has 0 atom stereocenters. The van der Waals surface area contributed by atoms with Gasteiger partial charge in [0.05, 0.1) is 5.56 Å². The Labute approximate surface area is 94.6 Å². The maximum atomic E-state index is 10.5. The number of carbonyl (C=O) groups is 1. The fourth-order valence-electron chi connectivity index (χ4n) is 1.15. The first kappa shape index (κ1) is 10.4. The maximum Gasteiger partial charge on any atom is 0.377 e. The lowest BCUT2D eigenvalue weighted by atomic mass is 10.2. The molecule has 2 aromatic rings. The van der Waals surface area contributed by atoms with Gasteiger partial charge in [-0.3, -0.25) is 0 Å². The van der Waals surface area contributed by atoms with Crippen molar-refractivity contribution in [3.8, 4) is 11.5 Å². The molecule has 7 heteroatoms. The highest BCUT2D eigenvalue weighted by molar-refractivity contribution is 6.31. The van der Waals surface area contributed by atoms with Gasteiger partial charge in [-0.1, -0.05) is 11.6 Å². The van der Waals surface area contributed by atoms with E-state index in [1.807, 2.05) is 0 Å². The summed E-state index contributed by atoms with van der Waals surface area (Å²) >= 11 is 5.72. The average molecular weight is 240 g/mol. The van der Waals surface area contributed by atoms with Crippen LogP contribution in [0.2, 0.25) is 5.02 Å². The lowest BCUT2D eigenvalue weighted by Crippen LogP contribution is -1.98. The molecule has 2 rings (SSSR count). The first-order chi connectivity index (χ1) is 7.58. The Morgan fingerprint density at radius 3 is 2.81 bits per heavy atom. The largest absolute Gasteiger partial charge is 0.475 e. The Balaban J connectivity index is 2.46. The van der Waals surface area contributed by atoms with Crippen molar-refractivity contribution in [1.29, 1.82) is 0 Å². The van der Waals surface area contributed by atoms with E-state index in [-0.39, 0.29) is 5.89 Å². The quantitative estimate of drug-likeness (QED) is 0.773. The molecule has 0 fully saturated rings. The van der Waals surface area contributed by atoms with Crippen LogP contribution < -0.4 is 5.73 Å². The molecule has 0 aliphatic rings. The summed E-state index contributed by atoms with van der Waals surface area (Å²) in [5, 5.41) is 12.4. The molecule has 0 aliphatic carbocycles. The molecule has 6 nitrogen and oxygen atoms in total. The fraction of sp³-hybridized carbons (Fsp3) is 0. The van der Waals surface area contributed by atoms with Crippen molar-refractivity contribution in [3.05, 3.63) is 29.0 Å². The summed E-state index contributed by atoms with van der Waals surface area (Å²) in [4.78, 5) is 14.2. The summed E-state index contributed by atoms with van der Waals surface area (Å²) in [6.45, 7) is 0. The van der Waals surface area contributed by atoms with Crippen LogP contribution in [0, 0.1) is 0 Å². The topological polar surface area (TPSA) is 102 Å². The van der Waals surface area contributed by atoms with Crippen LogP contribution in [0.25, 0.3) is 11.5 Å². The van der Waals surface area contributed by atoms with E-state index >= 15 is 0 Å². The lowest BCUT2D eigenvalue weighted by molar-refractivity contribution is 0.0680. The molecule has 1 aromatic carbocycles. The molecule has 1 heterocycles. The number of aromatic carboxylic acids is 1. The van der Waals surface area contributed by atoms with Gasteiger partial charge >= 0.3 is 5.97 Å². The molecular weight excluding hydrogens is 234 g/mol. The number of carboxylic acid groups (broad SMARTS) is 1. The second kappa shape index (κ2) is 3.82. The molecule has 0 saturated carbocycles. The van der Waals surface area contributed by atoms with Gasteiger partial charge < -0.3 is 15.4 Å². The third-order valence-corrected chi connectivity index (χ3v) is 2.10. The maximum absolute atomic E-state index is 10.5. The van der Waals surface area contributed by atoms with E-state index in [1.54, 1.807) is 12.1 Å². The summed E-state index contributed by atoms with van der Waals surface area (Å²) < 4.78 is 4.77. The highest BCUT2D eigenvalue weighted by Gasteiger charge is 2.15. The van der Waals surface area contributed by atoms with Crippen molar-refractivity contribution in [3.63, 3.8) is 0 Å². The number of nitrogens with two attached hydrogens (primary N) is 1. The number of benzene rings is 1. The van der Waals surface area contributed by atoms with Crippen LogP contribution in [-0.2, 0) is 0 Å². The van der Waals surface area contributed by atoms with E-state index in [0.717, 1.165) is 0 Å². The number of hydrogen-bond donors (Lipinski definition) is 2. The van der Waals surface area contributed by atoms with Crippen molar-refractivity contribution < 1.29 is 14.4 Å². The minimum absolute atomic E-state index is 0.0477. The Kier molecular flexibility index (Phi) is 2.49. The van der Waals surface area contributed by atoms with Gasteiger partial charge in [-0.15, -0.1) is 0 Å². The van der Waals surface area contributed by atoms with Crippen molar-refractivity contribution in [2.75, 3.05) is 5.73 Å². The van der Waals surface area contributed by atoms with E-state index in [2.05, 4.69) is 10.1 Å². The van der Waals surface area contributed by atoms with E-state index in [4.69, 9.17) is 27.0 Å². The number of aromatic nitrogens is 2. The molecule has 0 saturated heterocycles. The molecule has 0 radical (unpaired) electrons. The Morgan fingerprint density at radius 2 is 2.25 bits per heavy atom. The smallest absolute Gasteiger partial charge is 0.377 e. The number of nitrogens with zero attached hydrogens (tertiary/aromatic N) is 2. The Morgan fingerprint density at radius 1 is 1.50 bits per heavy atom. The number of carboxylic acids is 1. The third kappa shape index (κ3) is 1.82. The van der Waals surface area contributed by atoms with Gasteiger partial charge in [-0.05, 0) is 23.4 Å². The van der Waals surface area contributed by atoms with Gasteiger partial charge in [-0.25, -0.2) is 4.79 Å². The first-order valence-corrected chi connectivity index (χ1v) is 4.58. The summed E-state index contributed by atoms with van der Waals surface area (Å²) in [7, 11) is 0. The molecule has 0 spiro atoms. The van der Waals surface area contributed by atoms with E-state index in [9.17, 15) is 4.79 Å². The van der Waals surface area contributed by atoms with Crippen LogP contribution in [0.15, 0.2) is 22.7 Å². The van der Waals surface area contributed by atoms with E-state index < -0.39 is 11.8 Å². The summed E-state index contributed by atoms with van der Waals surface area (Å²) in [5.74, 6) is -1.63. The Hall–Kier alpha value is -2.08. The second-order valence-electron chi connectivity index (χ2n) is 2.96. The predicted molar refractivity (Wildman–Crippen MR) is 56.1 cm³/mol. The zero-order valence-electron chi connectivity index (χ0n) is 7.85. The molecular formula is C9H6ClN3O3. The highest BCUT2D eigenvalue weighted by atomic mass is 35.5. The van der Waals surface area contributed by atoms with Crippen molar-refractivity contribution in [2.24, 2.45) is 0 Å². The van der Waals surface area contributed by atoms with Crippen molar-refractivity contribution >= 4 is 23.3 Å². The molecule has 0 bridgehead atoms. The number of anilines is 1. The fourth-order valence-corrected chi connectivity index (χ4v) is 1.33. The number of rotatable bonds is 2. The SMILES string of the molecule is Nc1cc(Cl)ccc1-c1nc(C(=O)O)no1. The minimum atomic E-state index is -1.26. The first-order valence-electron chi connectivity index (χ1n) is 4.20. The molecule has 82 valence electrons. The summed E-state index contributed by atoms with van der Waals surface area (Å²) in [6.07, 6.45) is 0. The van der Waals surface area contributed by atoms with Crippen LogP contribution >= 0.6 is 11.6 Å². The molecule has 1 aromatic heterocycles. The molecule has 16 heavy (non-hydrogen) atoms. The average Bonchev–Trinajstić information content (AvgIpc) is 2.66. The monoisotopic (exact) mass is 239 g/mol. The minimum Gasteiger partial charge on any atom is -0.475 e. The number of hydrogen-bond acceptors (Lipinski definition) is 5. The van der Waals surface area contributed by atoms with Crippen LogP contribution in [0.3, 0.4) is 0 Å². The molecule has 0 amide bonds. The standard InChI is InChI=1S/C9H6ClN3O3/c10-4-1-2-5(6(11)3-4)8-12-7(9(14)15)13-16-8/h1-3H,11H2,(H,14,15). The van der Waals surface area contributed by atoms with Crippen molar-refractivity contribution in [1.82, 2.24) is 10.1 Å². The normalized spacial score (nSPS) is 10.3. The summed E-state index contributed by atoms with van der Waals surface area (Å²) in [5.41, 5.74) is 6.47. The van der Waals surface area contributed by atoms with Crippen LogP contribution in [0.5, 0.6) is 0 Å². The second-order valence-corrected chi connectivity index (χ2v) is 3.40. The molecule has 3 N–H and O–H groups in total. The van der Waals surface area contributed by atoms with Crippen molar-refractivity contribution in [2.45, 2.75) is 0 Å². The van der Waals surface area contributed by atoms with E-state index in [0.29, 0.717) is 16.3 Å². The van der Waals surface area contributed by atoms with E-state index in [1.165, 1.54) is 6.07 Å². The van der Waals surface area contributed by atoms with Crippen LogP contribution in [-0.4, -0.2) is 21.2 Å². The van der Waals surface area contributed by atoms with Gasteiger partial charge in [-0.2, -0.15) is 4.98 Å². The third-order valence-electron chi connectivity index (χ3n) is 1.86. The molecule has 0 unspecified atom stereocenters. The van der Waals surface area contributed by atoms with Crippen LogP contribution in [0.4, 0.5) is 5.69 Å². The zero-order valence-corrected chi connectivity index (χ0v) is 8.60.